The van der Waals surface area contributed by atoms with E-state index in [-0.39, 0.29) is 0 Å². The number of hydrogen-bond acceptors (Lipinski definition) is 4. The molecule has 0 saturated carbocycles. The fourth-order valence-corrected chi connectivity index (χ4v) is 3.08. The van der Waals surface area contributed by atoms with Crippen LogP contribution >= 0.6 is 0 Å². The van der Waals surface area contributed by atoms with Crippen molar-refractivity contribution in [2.24, 2.45) is 7.05 Å². The molecular weight excluding hydrogens is 324 g/mol. The lowest BCUT2D eigenvalue weighted by Crippen LogP contribution is -2.09. The van der Waals surface area contributed by atoms with Crippen molar-refractivity contribution in [1.82, 2.24) is 24.4 Å². The van der Waals surface area contributed by atoms with Crippen LogP contribution in [-0.2, 0) is 13.5 Å². The van der Waals surface area contributed by atoms with Crippen LogP contribution in [0.15, 0.2) is 54.9 Å². The molecule has 0 amide bonds. The minimum atomic E-state index is 0.860. The highest BCUT2D eigenvalue weighted by molar-refractivity contribution is 5.66. The lowest BCUT2D eigenvalue weighted by Gasteiger charge is -2.10. The Labute approximate surface area is 152 Å². The quantitative estimate of drug-likeness (QED) is 0.543. The number of fused-ring (bicyclic) bond motifs is 1. The van der Waals surface area contributed by atoms with E-state index in [0.717, 1.165) is 47.8 Å². The molecule has 0 aliphatic heterocycles. The Morgan fingerprint density at radius 1 is 1.12 bits per heavy atom. The van der Waals surface area contributed by atoms with E-state index in [4.69, 9.17) is 4.98 Å². The van der Waals surface area contributed by atoms with E-state index in [0.29, 0.717) is 0 Å². The van der Waals surface area contributed by atoms with Crippen molar-refractivity contribution >= 4 is 11.5 Å². The van der Waals surface area contributed by atoms with Crippen molar-refractivity contribution in [3.8, 4) is 11.3 Å². The predicted octanol–water partition coefficient (Wildman–Crippen LogP) is 3.48. The number of benzene rings is 1. The van der Waals surface area contributed by atoms with Gasteiger partial charge in [-0.3, -0.25) is 4.68 Å². The Morgan fingerprint density at radius 2 is 1.96 bits per heavy atom. The number of hydrogen-bond donors (Lipinski definition) is 1. The van der Waals surface area contributed by atoms with E-state index in [9.17, 15) is 0 Å². The van der Waals surface area contributed by atoms with Crippen LogP contribution in [0.1, 0.15) is 17.7 Å². The molecule has 0 radical (unpaired) electrons. The van der Waals surface area contributed by atoms with Gasteiger partial charge in [-0.1, -0.05) is 30.3 Å². The van der Waals surface area contributed by atoms with Crippen molar-refractivity contribution in [2.75, 3.05) is 11.9 Å². The average molecular weight is 346 g/mol. The molecule has 1 N–H and O–H groups in total. The van der Waals surface area contributed by atoms with Gasteiger partial charge in [0.05, 0.1) is 17.6 Å². The van der Waals surface area contributed by atoms with Gasteiger partial charge >= 0.3 is 0 Å². The first-order chi connectivity index (χ1) is 12.7. The van der Waals surface area contributed by atoms with E-state index in [2.05, 4.69) is 39.9 Å². The van der Waals surface area contributed by atoms with Gasteiger partial charge in [-0.25, -0.2) is 4.98 Å². The van der Waals surface area contributed by atoms with Crippen LogP contribution < -0.4 is 5.32 Å². The second-order valence-corrected chi connectivity index (χ2v) is 6.50. The Balaban J connectivity index is 1.54. The summed E-state index contributed by atoms with van der Waals surface area (Å²) in [5.74, 6) is 0.966. The van der Waals surface area contributed by atoms with Crippen LogP contribution in [0.3, 0.4) is 0 Å². The fourth-order valence-electron chi connectivity index (χ4n) is 3.08. The number of anilines is 1. The van der Waals surface area contributed by atoms with Gasteiger partial charge < -0.3 is 5.32 Å². The molecule has 0 saturated heterocycles. The molecule has 6 heteroatoms. The van der Waals surface area contributed by atoms with Crippen molar-refractivity contribution in [2.45, 2.75) is 19.8 Å². The molecule has 132 valence electrons. The molecule has 0 fully saturated rings. The van der Waals surface area contributed by atoms with Gasteiger partial charge in [0.25, 0.3) is 0 Å². The molecule has 0 spiro atoms. The van der Waals surface area contributed by atoms with E-state index in [1.54, 1.807) is 0 Å². The summed E-state index contributed by atoms with van der Waals surface area (Å²) in [6.45, 7) is 2.85. The average Bonchev–Trinajstić information content (AvgIpc) is 3.23. The van der Waals surface area contributed by atoms with Crippen LogP contribution in [0.5, 0.6) is 0 Å². The number of nitrogens with zero attached hydrogens (tertiary/aromatic N) is 5. The van der Waals surface area contributed by atoms with Gasteiger partial charge in [-0.15, -0.1) is 0 Å². The zero-order chi connectivity index (χ0) is 17.9. The first kappa shape index (κ1) is 16.3. The third-order valence-corrected chi connectivity index (χ3v) is 4.33. The summed E-state index contributed by atoms with van der Waals surface area (Å²) >= 11 is 0. The van der Waals surface area contributed by atoms with Crippen molar-refractivity contribution in [1.29, 1.82) is 0 Å². The molecule has 0 aliphatic rings. The molecule has 0 unspecified atom stereocenters. The molecule has 0 atom stereocenters. The third-order valence-electron chi connectivity index (χ3n) is 4.33. The smallest absolute Gasteiger partial charge is 0.158 e. The summed E-state index contributed by atoms with van der Waals surface area (Å²) < 4.78 is 3.72. The van der Waals surface area contributed by atoms with Crippen LogP contribution in [0, 0.1) is 6.92 Å². The lowest BCUT2D eigenvalue weighted by molar-refractivity contribution is 0.765. The van der Waals surface area contributed by atoms with Crippen LogP contribution in [0.25, 0.3) is 16.9 Å². The van der Waals surface area contributed by atoms with Gasteiger partial charge in [0.15, 0.2) is 5.65 Å². The number of aromatic nitrogens is 5. The monoisotopic (exact) mass is 346 g/mol. The molecule has 26 heavy (non-hydrogen) atoms. The molecule has 0 bridgehead atoms. The topological polar surface area (TPSA) is 60.0 Å². The highest BCUT2D eigenvalue weighted by Gasteiger charge is 2.09. The second kappa shape index (κ2) is 7.00. The maximum atomic E-state index is 4.75. The zero-order valence-electron chi connectivity index (χ0n) is 15.1. The maximum absolute atomic E-state index is 4.75. The fraction of sp³-hybridized carbons (Fsp3) is 0.250. The SMILES string of the molecule is Cc1cc2nc(-c3ccccc3)cc(NCCCc3cnn(C)c3)n2n1. The minimum Gasteiger partial charge on any atom is -0.370 e. The second-order valence-electron chi connectivity index (χ2n) is 6.50. The highest BCUT2D eigenvalue weighted by Crippen LogP contribution is 2.22. The van der Waals surface area contributed by atoms with Gasteiger partial charge in [-0.2, -0.15) is 14.7 Å². The summed E-state index contributed by atoms with van der Waals surface area (Å²) in [5, 5.41) is 12.3. The molecular formula is C20H22N6. The first-order valence-corrected chi connectivity index (χ1v) is 8.83. The van der Waals surface area contributed by atoms with Crippen LogP contribution in [0.2, 0.25) is 0 Å². The standard InChI is InChI=1S/C20H22N6/c1-15-11-20-23-18(17-8-4-3-5-9-17)12-19(26(20)24-15)21-10-6-7-16-13-22-25(2)14-16/h3-5,8-9,11-14,21H,6-7,10H2,1-2H3. The third kappa shape index (κ3) is 3.44. The predicted molar refractivity (Wildman–Crippen MR) is 103 cm³/mol. The zero-order valence-corrected chi connectivity index (χ0v) is 15.1. The minimum absolute atomic E-state index is 0.860. The summed E-state index contributed by atoms with van der Waals surface area (Å²) in [6.07, 6.45) is 6.01. The van der Waals surface area contributed by atoms with Gasteiger partial charge in [0.2, 0.25) is 0 Å². The van der Waals surface area contributed by atoms with Crippen molar-refractivity contribution < 1.29 is 0 Å². The van der Waals surface area contributed by atoms with E-state index in [1.165, 1.54) is 5.56 Å². The van der Waals surface area contributed by atoms with Crippen molar-refractivity contribution in [3.05, 3.63) is 66.1 Å². The van der Waals surface area contributed by atoms with Crippen molar-refractivity contribution in [3.63, 3.8) is 0 Å². The number of nitrogens with one attached hydrogen (secondary N) is 1. The molecule has 1 aromatic carbocycles. The summed E-state index contributed by atoms with van der Waals surface area (Å²) in [6, 6.07) is 14.3. The Hall–Kier alpha value is -3.15. The highest BCUT2D eigenvalue weighted by atomic mass is 15.3. The number of rotatable bonds is 6. The number of aryl methyl sites for hydroxylation is 3. The largest absolute Gasteiger partial charge is 0.370 e. The Bertz CT molecular complexity index is 1020. The molecule has 4 aromatic rings. The molecule has 4 rings (SSSR count). The summed E-state index contributed by atoms with van der Waals surface area (Å²) in [5.41, 5.74) is 5.13. The first-order valence-electron chi connectivity index (χ1n) is 8.83. The summed E-state index contributed by atoms with van der Waals surface area (Å²) in [7, 11) is 1.95. The normalized spacial score (nSPS) is 11.2. The van der Waals surface area contributed by atoms with E-state index < -0.39 is 0 Å². The van der Waals surface area contributed by atoms with Gasteiger partial charge in [-0.05, 0) is 25.3 Å². The van der Waals surface area contributed by atoms with Gasteiger partial charge in [0, 0.05) is 37.5 Å². The molecule has 0 aliphatic carbocycles. The maximum Gasteiger partial charge on any atom is 0.158 e. The van der Waals surface area contributed by atoms with E-state index in [1.807, 2.05) is 53.6 Å². The molecule has 3 heterocycles. The van der Waals surface area contributed by atoms with Gasteiger partial charge in [0.1, 0.15) is 5.82 Å². The summed E-state index contributed by atoms with van der Waals surface area (Å²) in [4.78, 5) is 4.75. The van der Waals surface area contributed by atoms with E-state index >= 15 is 0 Å². The lowest BCUT2D eigenvalue weighted by atomic mass is 10.1. The molecule has 6 nitrogen and oxygen atoms in total. The molecule has 3 aromatic heterocycles. The van der Waals surface area contributed by atoms with Crippen LogP contribution in [0.4, 0.5) is 5.82 Å². The Kier molecular flexibility index (Phi) is 4.39. The van der Waals surface area contributed by atoms with Crippen LogP contribution in [-0.4, -0.2) is 30.9 Å². The Morgan fingerprint density at radius 3 is 2.73 bits per heavy atom.